The second-order valence-corrected chi connectivity index (χ2v) is 5.07. The maximum absolute atomic E-state index is 10.1. The van der Waals surface area contributed by atoms with Gasteiger partial charge in [0.05, 0.1) is 6.10 Å². The zero-order valence-corrected chi connectivity index (χ0v) is 8.87. The first kappa shape index (κ1) is 9.51. The molecule has 0 saturated heterocycles. The Morgan fingerprint density at radius 1 is 1.23 bits per heavy atom. The first-order valence-corrected chi connectivity index (χ1v) is 5.93. The third kappa shape index (κ3) is 1.63. The predicted molar refractivity (Wildman–Crippen MR) is 54.4 cm³/mol. The summed E-state index contributed by atoms with van der Waals surface area (Å²) in [5.74, 6) is 2.99. The van der Waals surface area contributed by atoms with Gasteiger partial charge in [0.1, 0.15) is 0 Å². The largest absolute Gasteiger partial charge is 0.393 e. The lowest BCUT2D eigenvalue weighted by molar-refractivity contribution is 0.0836. The molecule has 2 fully saturated rings. The van der Waals surface area contributed by atoms with Crippen LogP contribution in [0.4, 0.5) is 0 Å². The number of hydrogen-bond donors (Lipinski definition) is 1. The SMILES string of the molecule is CCC(C)C(O)C1C2CCCCC21. The van der Waals surface area contributed by atoms with Gasteiger partial charge < -0.3 is 5.11 Å². The highest BCUT2D eigenvalue weighted by Gasteiger charge is 2.54. The van der Waals surface area contributed by atoms with Gasteiger partial charge in [-0.05, 0) is 36.5 Å². The van der Waals surface area contributed by atoms with Crippen molar-refractivity contribution in [3.05, 3.63) is 0 Å². The summed E-state index contributed by atoms with van der Waals surface area (Å²) in [5.41, 5.74) is 0. The Bertz CT molecular complexity index is 166. The average molecular weight is 182 g/mol. The zero-order valence-electron chi connectivity index (χ0n) is 8.87. The number of hydrogen-bond acceptors (Lipinski definition) is 1. The van der Waals surface area contributed by atoms with E-state index in [9.17, 15) is 5.11 Å². The fraction of sp³-hybridized carbons (Fsp3) is 1.00. The lowest BCUT2D eigenvalue weighted by Gasteiger charge is -2.17. The molecule has 1 N–H and O–H groups in total. The van der Waals surface area contributed by atoms with E-state index in [-0.39, 0.29) is 6.10 Å². The number of aliphatic hydroxyl groups is 1. The Morgan fingerprint density at radius 3 is 2.23 bits per heavy atom. The van der Waals surface area contributed by atoms with Crippen LogP contribution in [-0.2, 0) is 0 Å². The van der Waals surface area contributed by atoms with Crippen molar-refractivity contribution >= 4 is 0 Å². The lowest BCUT2D eigenvalue weighted by atomic mass is 9.96. The lowest BCUT2D eigenvalue weighted by Crippen LogP contribution is -2.20. The number of fused-ring (bicyclic) bond motifs is 1. The van der Waals surface area contributed by atoms with Crippen molar-refractivity contribution in [2.75, 3.05) is 0 Å². The van der Waals surface area contributed by atoms with E-state index in [4.69, 9.17) is 0 Å². The Hall–Kier alpha value is -0.0400. The highest BCUT2D eigenvalue weighted by Crippen LogP contribution is 2.58. The van der Waals surface area contributed by atoms with Gasteiger partial charge in [-0.1, -0.05) is 33.1 Å². The molecule has 0 aromatic carbocycles. The van der Waals surface area contributed by atoms with E-state index in [0.717, 1.165) is 18.3 Å². The van der Waals surface area contributed by atoms with Crippen molar-refractivity contribution in [2.45, 2.75) is 52.1 Å². The van der Waals surface area contributed by atoms with E-state index in [1.54, 1.807) is 0 Å². The van der Waals surface area contributed by atoms with E-state index in [0.29, 0.717) is 11.8 Å². The summed E-state index contributed by atoms with van der Waals surface area (Å²) >= 11 is 0. The van der Waals surface area contributed by atoms with Gasteiger partial charge in [0.15, 0.2) is 0 Å². The Kier molecular flexibility index (Phi) is 2.64. The van der Waals surface area contributed by atoms with E-state index >= 15 is 0 Å². The molecule has 76 valence electrons. The van der Waals surface area contributed by atoms with Gasteiger partial charge in [-0.25, -0.2) is 0 Å². The monoisotopic (exact) mass is 182 g/mol. The van der Waals surface area contributed by atoms with Crippen molar-refractivity contribution < 1.29 is 5.11 Å². The molecule has 2 rings (SSSR count). The van der Waals surface area contributed by atoms with Crippen molar-refractivity contribution in [3.63, 3.8) is 0 Å². The van der Waals surface area contributed by atoms with E-state index < -0.39 is 0 Å². The molecule has 4 atom stereocenters. The number of aliphatic hydroxyl groups excluding tert-OH is 1. The van der Waals surface area contributed by atoms with Gasteiger partial charge in [0.25, 0.3) is 0 Å². The first-order chi connectivity index (χ1) is 6.25. The first-order valence-electron chi connectivity index (χ1n) is 5.93. The molecule has 2 aliphatic rings. The Morgan fingerprint density at radius 2 is 1.77 bits per heavy atom. The molecular weight excluding hydrogens is 160 g/mol. The quantitative estimate of drug-likeness (QED) is 0.711. The second kappa shape index (κ2) is 3.61. The minimum atomic E-state index is -0.00176. The van der Waals surface area contributed by atoms with Crippen LogP contribution in [0, 0.1) is 23.7 Å². The molecule has 0 heterocycles. The fourth-order valence-corrected chi connectivity index (χ4v) is 3.18. The Labute approximate surface area is 81.5 Å². The molecule has 0 aromatic heterocycles. The topological polar surface area (TPSA) is 20.2 Å². The molecular formula is C12H22O. The van der Waals surface area contributed by atoms with Gasteiger partial charge in [0.2, 0.25) is 0 Å². The average Bonchev–Trinajstić information content (AvgIpc) is 2.89. The maximum atomic E-state index is 10.1. The summed E-state index contributed by atoms with van der Waals surface area (Å²) in [6.07, 6.45) is 6.72. The second-order valence-electron chi connectivity index (χ2n) is 5.07. The van der Waals surface area contributed by atoms with Crippen molar-refractivity contribution in [1.82, 2.24) is 0 Å². The molecule has 0 aliphatic heterocycles. The van der Waals surface area contributed by atoms with Gasteiger partial charge in [0, 0.05) is 0 Å². The molecule has 2 saturated carbocycles. The van der Waals surface area contributed by atoms with Gasteiger partial charge in [-0.3, -0.25) is 0 Å². The third-order valence-electron chi connectivity index (χ3n) is 4.34. The smallest absolute Gasteiger partial charge is 0.0599 e. The fourth-order valence-electron chi connectivity index (χ4n) is 3.18. The van der Waals surface area contributed by atoms with Crippen LogP contribution in [0.5, 0.6) is 0 Å². The molecule has 13 heavy (non-hydrogen) atoms. The zero-order chi connectivity index (χ0) is 9.42. The normalized spacial score (nSPS) is 42.2. The van der Waals surface area contributed by atoms with E-state index in [1.807, 2.05) is 0 Å². The standard InChI is InChI=1S/C12H22O/c1-3-8(2)12(13)11-9-6-4-5-7-10(9)11/h8-13H,3-7H2,1-2H3. The summed E-state index contributed by atoms with van der Waals surface area (Å²) < 4.78 is 0. The molecule has 0 amide bonds. The molecule has 0 aromatic rings. The predicted octanol–water partition coefficient (Wildman–Crippen LogP) is 2.83. The van der Waals surface area contributed by atoms with Crippen molar-refractivity contribution in [3.8, 4) is 0 Å². The van der Waals surface area contributed by atoms with Crippen LogP contribution in [-0.4, -0.2) is 11.2 Å². The highest BCUT2D eigenvalue weighted by atomic mass is 16.3. The minimum Gasteiger partial charge on any atom is -0.393 e. The third-order valence-corrected chi connectivity index (χ3v) is 4.34. The van der Waals surface area contributed by atoms with Crippen LogP contribution < -0.4 is 0 Å². The molecule has 1 heteroatoms. The van der Waals surface area contributed by atoms with Gasteiger partial charge >= 0.3 is 0 Å². The molecule has 2 aliphatic carbocycles. The minimum absolute atomic E-state index is 0.00176. The summed E-state index contributed by atoms with van der Waals surface area (Å²) in [4.78, 5) is 0. The van der Waals surface area contributed by atoms with Crippen LogP contribution in [0.25, 0.3) is 0 Å². The van der Waals surface area contributed by atoms with Crippen LogP contribution in [0.3, 0.4) is 0 Å². The van der Waals surface area contributed by atoms with E-state index in [2.05, 4.69) is 13.8 Å². The van der Waals surface area contributed by atoms with Crippen LogP contribution in [0.15, 0.2) is 0 Å². The van der Waals surface area contributed by atoms with Crippen LogP contribution >= 0.6 is 0 Å². The van der Waals surface area contributed by atoms with Gasteiger partial charge in [-0.2, -0.15) is 0 Å². The van der Waals surface area contributed by atoms with Crippen LogP contribution in [0.2, 0.25) is 0 Å². The van der Waals surface area contributed by atoms with Crippen molar-refractivity contribution in [2.24, 2.45) is 23.7 Å². The van der Waals surface area contributed by atoms with Crippen molar-refractivity contribution in [1.29, 1.82) is 0 Å². The van der Waals surface area contributed by atoms with Crippen LogP contribution in [0.1, 0.15) is 46.0 Å². The summed E-state index contributed by atoms with van der Waals surface area (Å²) in [6.45, 7) is 4.37. The summed E-state index contributed by atoms with van der Waals surface area (Å²) in [6, 6.07) is 0. The maximum Gasteiger partial charge on any atom is 0.0599 e. The molecule has 0 spiro atoms. The molecule has 0 radical (unpaired) electrons. The van der Waals surface area contributed by atoms with Gasteiger partial charge in [-0.15, -0.1) is 0 Å². The molecule has 1 nitrogen and oxygen atoms in total. The Balaban J connectivity index is 1.89. The molecule has 4 unspecified atom stereocenters. The van der Waals surface area contributed by atoms with E-state index in [1.165, 1.54) is 25.7 Å². The highest BCUT2D eigenvalue weighted by molar-refractivity contribution is 5.03. The summed E-state index contributed by atoms with van der Waals surface area (Å²) in [5, 5.41) is 10.1. The summed E-state index contributed by atoms with van der Waals surface area (Å²) in [7, 11) is 0. The number of rotatable bonds is 3. The molecule has 0 bridgehead atoms.